The standard InChI is InChI=1S/C14H22N4/c1-8(2)12-10-6-16-14(9(3)4)18-13(10)11(17-12)7-15-5/h6,8-9,15,17H,7H2,1-5H3. The summed E-state index contributed by atoms with van der Waals surface area (Å²) < 4.78 is 0. The van der Waals surface area contributed by atoms with Crippen LogP contribution in [0.15, 0.2) is 6.20 Å². The van der Waals surface area contributed by atoms with Crippen molar-refractivity contribution in [3.05, 3.63) is 23.4 Å². The van der Waals surface area contributed by atoms with E-state index in [2.05, 4.69) is 43.0 Å². The summed E-state index contributed by atoms with van der Waals surface area (Å²) in [5.41, 5.74) is 3.44. The van der Waals surface area contributed by atoms with Crippen molar-refractivity contribution in [2.45, 2.75) is 46.1 Å². The maximum atomic E-state index is 4.71. The van der Waals surface area contributed by atoms with Gasteiger partial charge in [0.2, 0.25) is 0 Å². The number of nitrogens with zero attached hydrogens (tertiary/aromatic N) is 2. The zero-order valence-corrected chi connectivity index (χ0v) is 11.8. The third kappa shape index (κ3) is 2.25. The fourth-order valence-electron chi connectivity index (χ4n) is 2.15. The molecular formula is C14H22N4. The number of hydrogen-bond donors (Lipinski definition) is 2. The molecule has 2 heterocycles. The van der Waals surface area contributed by atoms with Crippen molar-refractivity contribution in [3.8, 4) is 0 Å². The Kier molecular flexibility index (Phi) is 3.66. The average Bonchev–Trinajstić information content (AvgIpc) is 2.68. The molecule has 0 atom stereocenters. The number of fused-ring (bicyclic) bond motifs is 1. The lowest BCUT2D eigenvalue weighted by Gasteiger charge is -2.04. The van der Waals surface area contributed by atoms with Gasteiger partial charge in [-0.2, -0.15) is 0 Å². The van der Waals surface area contributed by atoms with E-state index in [1.165, 1.54) is 5.69 Å². The van der Waals surface area contributed by atoms with E-state index in [1.807, 2.05) is 13.2 Å². The van der Waals surface area contributed by atoms with Crippen LogP contribution in [0.2, 0.25) is 0 Å². The van der Waals surface area contributed by atoms with Gasteiger partial charge in [-0.15, -0.1) is 0 Å². The van der Waals surface area contributed by atoms with Gasteiger partial charge >= 0.3 is 0 Å². The molecule has 2 rings (SSSR count). The van der Waals surface area contributed by atoms with Crippen LogP contribution >= 0.6 is 0 Å². The van der Waals surface area contributed by atoms with Gasteiger partial charge < -0.3 is 10.3 Å². The highest BCUT2D eigenvalue weighted by atomic mass is 14.9. The Morgan fingerprint density at radius 1 is 1.22 bits per heavy atom. The fourth-order valence-corrected chi connectivity index (χ4v) is 2.15. The Hall–Kier alpha value is -1.42. The molecule has 4 nitrogen and oxygen atoms in total. The topological polar surface area (TPSA) is 53.6 Å². The summed E-state index contributed by atoms with van der Waals surface area (Å²) >= 11 is 0. The number of aromatic nitrogens is 3. The van der Waals surface area contributed by atoms with E-state index in [0.29, 0.717) is 11.8 Å². The highest BCUT2D eigenvalue weighted by Gasteiger charge is 2.15. The average molecular weight is 246 g/mol. The van der Waals surface area contributed by atoms with Gasteiger partial charge in [-0.1, -0.05) is 27.7 Å². The molecular weight excluding hydrogens is 224 g/mol. The fraction of sp³-hybridized carbons (Fsp3) is 0.571. The van der Waals surface area contributed by atoms with Crippen LogP contribution in [0, 0.1) is 0 Å². The van der Waals surface area contributed by atoms with Crippen molar-refractivity contribution in [1.82, 2.24) is 20.3 Å². The molecule has 0 aliphatic heterocycles. The lowest BCUT2D eigenvalue weighted by molar-refractivity contribution is 0.770. The van der Waals surface area contributed by atoms with E-state index in [4.69, 9.17) is 4.98 Å². The summed E-state index contributed by atoms with van der Waals surface area (Å²) in [6.07, 6.45) is 1.96. The molecule has 0 unspecified atom stereocenters. The first-order valence-corrected chi connectivity index (χ1v) is 6.56. The predicted octanol–water partition coefficient (Wildman–Crippen LogP) is 2.92. The van der Waals surface area contributed by atoms with Crippen LogP contribution in [0.4, 0.5) is 0 Å². The number of nitrogens with one attached hydrogen (secondary N) is 2. The minimum atomic E-state index is 0.356. The van der Waals surface area contributed by atoms with E-state index in [1.54, 1.807) is 0 Å². The van der Waals surface area contributed by atoms with Crippen LogP contribution in [0.25, 0.3) is 10.9 Å². The van der Waals surface area contributed by atoms with E-state index < -0.39 is 0 Å². The molecule has 0 amide bonds. The third-order valence-corrected chi connectivity index (χ3v) is 3.12. The molecule has 0 fully saturated rings. The van der Waals surface area contributed by atoms with Gasteiger partial charge in [0.15, 0.2) is 0 Å². The first-order valence-electron chi connectivity index (χ1n) is 6.56. The minimum absolute atomic E-state index is 0.356. The first kappa shape index (κ1) is 13.0. The summed E-state index contributed by atoms with van der Waals surface area (Å²) in [6, 6.07) is 0. The Labute approximate surface area is 108 Å². The Bertz CT molecular complexity index is 540. The summed E-state index contributed by atoms with van der Waals surface area (Å²) in [4.78, 5) is 12.7. The Morgan fingerprint density at radius 3 is 2.50 bits per heavy atom. The van der Waals surface area contributed by atoms with Crippen LogP contribution in [-0.4, -0.2) is 22.0 Å². The molecule has 0 aromatic carbocycles. The van der Waals surface area contributed by atoms with Crippen molar-refractivity contribution >= 4 is 10.9 Å². The molecule has 2 aromatic rings. The summed E-state index contributed by atoms with van der Waals surface area (Å²) in [7, 11) is 1.95. The third-order valence-electron chi connectivity index (χ3n) is 3.12. The molecule has 2 aromatic heterocycles. The SMILES string of the molecule is CNCc1[nH]c(C(C)C)c2cnc(C(C)C)nc12. The van der Waals surface area contributed by atoms with Crippen molar-refractivity contribution in [1.29, 1.82) is 0 Å². The number of aromatic amines is 1. The monoisotopic (exact) mass is 246 g/mol. The van der Waals surface area contributed by atoms with Crippen LogP contribution in [-0.2, 0) is 6.54 Å². The van der Waals surface area contributed by atoms with Gasteiger partial charge in [-0.05, 0) is 13.0 Å². The van der Waals surface area contributed by atoms with Gasteiger partial charge in [0.1, 0.15) is 5.82 Å². The summed E-state index contributed by atoms with van der Waals surface area (Å²) in [5.74, 6) is 1.72. The summed E-state index contributed by atoms with van der Waals surface area (Å²) in [6.45, 7) is 9.41. The van der Waals surface area contributed by atoms with Crippen molar-refractivity contribution in [3.63, 3.8) is 0 Å². The van der Waals surface area contributed by atoms with Crippen LogP contribution in [0.1, 0.15) is 56.7 Å². The van der Waals surface area contributed by atoms with Gasteiger partial charge in [0, 0.05) is 29.7 Å². The Morgan fingerprint density at radius 2 is 1.94 bits per heavy atom. The molecule has 0 aliphatic rings. The molecule has 0 radical (unpaired) electrons. The number of rotatable bonds is 4. The lowest BCUT2D eigenvalue weighted by Crippen LogP contribution is -2.06. The molecule has 98 valence electrons. The van der Waals surface area contributed by atoms with Crippen molar-refractivity contribution < 1.29 is 0 Å². The highest BCUT2D eigenvalue weighted by molar-refractivity contribution is 5.84. The largest absolute Gasteiger partial charge is 0.359 e. The van der Waals surface area contributed by atoms with Gasteiger partial charge in [0.05, 0.1) is 11.2 Å². The maximum absolute atomic E-state index is 4.71. The van der Waals surface area contributed by atoms with Crippen LogP contribution in [0.5, 0.6) is 0 Å². The normalized spacial score (nSPS) is 11.9. The van der Waals surface area contributed by atoms with Gasteiger partial charge in [-0.25, -0.2) is 9.97 Å². The maximum Gasteiger partial charge on any atom is 0.131 e. The first-order chi connectivity index (χ1) is 8.54. The second-order valence-electron chi connectivity index (χ2n) is 5.35. The minimum Gasteiger partial charge on any atom is -0.359 e. The predicted molar refractivity (Wildman–Crippen MR) is 74.8 cm³/mol. The second-order valence-corrected chi connectivity index (χ2v) is 5.35. The zero-order valence-electron chi connectivity index (χ0n) is 11.8. The lowest BCUT2D eigenvalue weighted by atomic mass is 10.1. The Balaban J connectivity index is 2.63. The molecule has 0 bridgehead atoms. The quantitative estimate of drug-likeness (QED) is 0.872. The van der Waals surface area contributed by atoms with E-state index in [-0.39, 0.29) is 0 Å². The van der Waals surface area contributed by atoms with E-state index in [0.717, 1.165) is 29.0 Å². The molecule has 0 spiro atoms. The molecule has 2 N–H and O–H groups in total. The zero-order chi connectivity index (χ0) is 13.3. The van der Waals surface area contributed by atoms with Crippen LogP contribution in [0.3, 0.4) is 0 Å². The highest BCUT2D eigenvalue weighted by Crippen LogP contribution is 2.27. The van der Waals surface area contributed by atoms with Crippen molar-refractivity contribution in [2.24, 2.45) is 0 Å². The second kappa shape index (κ2) is 5.06. The van der Waals surface area contributed by atoms with Crippen molar-refractivity contribution in [2.75, 3.05) is 7.05 Å². The molecule has 18 heavy (non-hydrogen) atoms. The van der Waals surface area contributed by atoms with Crippen LogP contribution < -0.4 is 5.32 Å². The smallest absolute Gasteiger partial charge is 0.131 e. The van der Waals surface area contributed by atoms with E-state index >= 15 is 0 Å². The molecule has 0 aliphatic carbocycles. The molecule has 4 heteroatoms. The van der Waals surface area contributed by atoms with E-state index in [9.17, 15) is 0 Å². The molecule has 0 saturated heterocycles. The van der Waals surface area contributed by atoms with Gasteiger partial charge in [-0.3, -0.25) is 0 Å². The summed E-state index contributed by atoms with van der Waals surface area (Å²) in [5, 5.41) is 4.34. The molecule has 0 saturated carbocycles. The number of hydrogen-bond acceptors (Lipinski definition) is 3. The van der Waals surface area contributed by atoms with Gasteiger partial charge in [0.25, 0.3) is 0 Å². The number of H-pyrrole nitrogens is 1.